The van der Waals surface area contributed by atoms with E-state index >= 15 is 0 Å². The second kappa shape index (κ2) is 5.58. The van der Waals surface area contributed by atoms with Crippen molar-refractivity contribution in [2.45, 2.75) is 13.3 Å². The van der Waals surface area contributed by atoms with Crippen molar-refractivity contribution in [2.24, 2.45) is 5.84 Å². The van der Waals surface area contributed by atoms with E-state index in [1.165, 1.54) is 13.0 Å². The topological polar surface area (TPSA) is 73.6 Å². The van der Waals surface area contributed by atoms with E-state index in [9.17, 15) is 18.0 Å². The van der Waals surface area contributed by atoms with E-state index in [0.717, 1.165) is 12.1 Å². The Bertz CT molecular complexity index is 435. The maximum absolute atomic E-state index is 12.1. The van der Waals surface area contributed by atoms with Crippen LogP contribution in [0.15, 0.2) is 18.2 Å². The first kappa shape index (κ1) is 14.1. The highest BCUT2D eigenvalue weighted by molar-refractivity contribution is 5.93. The first-order chi connectivity index (χ1) is 8.37. The molecule has 8 heteroatoms. The molecule has 0 saturated heterocycles. The summed E-state index contributed by atoms with van der Waals surface area (Å²) >= 11 is 0. The number of carbonyl (C=O) groups excluding carboxylic acids is 1. The molecule has 0 radical (unpaired) electrons. The van der Waals surface area contributed by atoms with Crippen LogP contribution in [0.4, 0.5) is 18.9 Å². The van der Waals surface area contributed by atoms with Crippen molar-refractivity contribution in [3.05, 3.63) is 23.8 Å². The Kier molecular flexibility index (Phi) is 4.38. The van der Waals surface area contributed by atoms with Crippen LogP contribution in [0.3, 0.4) is 0 Å². The van der Waals surface area contributed by atoms with Crippen molar-refractivity contribution < 1.29 is 27.4 Å². The summed E-state index contributed by atoms with van der Waals surface area (Å²) in [5.41, 5.74) is 2.11. The van der Waals surface area contributed by atoms with Crippen LogP contribution in [-0.4, -0.2) is 18.9 Å². The standard InChI is InChI=1S/C10H11F3N2O3/c1-2-17-9(16)7-5-6(15-14)3-4-8(7)18-10(11,12)13/h3-5,15H,2,14H2,1H3. The average molecular weight is 264 g/mol. The number of benzene rings is 1. The van der Waals surface area contributed by atoms with Crippen LogP contribution in [0, 0.1) is 0 Å². The molecule has 0 aromatic heterocycles. The molecule has 0 amide bonds. The van der Waals surface area contributed by atoms with Crippen LogP contribution in [0.1, 0.15) is 17.3 Å². The number of nitrogens with one attached hydrogen (secondary N) is 1. The van der Waals surface area contributed by atoms with Crippen LogP contribution < -0.4 is 16.0 Å². The largest absolute Gasteiger partial charge is 0.573 e. The molecule has 18 heavy (non-hydrogen) atoms. The summed E-state index contributed by atoms with van der Waals surface area (Å²) in [6.07, 6.45) is -4.89. The molecule has 5 nitrogen and oxygen atoms in total. The number of hydrogen-bond donors (Lipinski definition) is 2. The molecular formula is C10H11F3N2O3. The first-order valence-electron chi connectivity index (χ1n) is 4.91. The fraction of sp³-hybridized carbons (Fsp3) is 0.300. The predicted octanol–water partition coefficient (Wildman–Crippen LogP) is 2.05. The molecule has 0 atom stereocenters. The van der Waals surface area contributed by atoms with Gasteiger partial charge in [-0.05, 0) is 25.1 Å². The third-order valence-corrected chi connectivity index (χ3v) is 1.87. The number of rotatable bonds is 4. The average Bonchev–Trinajstić information content (AvgIpc) is 2.27. The normalized spacial score (nSPS) is 10.9. The molecule has 0 aliphatic rings. The lowest BCUT2D eigenvalue weighted by molar-refractivity contribution is -0.274. The van der Waals surface area contributed by atoms with Gasteiger partial charge in [-0.1, -0.05) is 0 Å². The lowest BCUT2D eigenvalue weighted by atomic mass is 10.2. The van der Waals surface area contributed by atoms with Gasteiger partial charge in [0.15, 0.2) is 0 Å². The molecule has 0 unspecified atom stereocenters. The second-order valence-corrected chi connectivity index (χ2v) is 3.12. The molecule has 0 saturated carbocycles. The lowest BCUT2D eigenvalue weighted by Gasteiger charge is -2.13. The van der Waals surface area contributed by atoms with E-state index in [1.54, 1.807) is 0 Å². The number of nitrogens with two attached hydrogens (primary N) is 1. The molecule has 0 bridgehead atoms. The van der Waals surface area contributed by atoms with Crippen LogP contribution in [-0.2, 0) is 4.74 Å². The Morgan fingerprint density at radius 1 is 1.44 bits per heavy atom. The Labute approximate surface area is 101 Å². The van der Waals surface area contributed by atoms with Crippen LogP contribution in [0.25, 0.3) is 0 Å². The van der Waals surface area contributed by atoms with Gasteiger partial charge >= 0.3 is 12.3 Å². The second-order valence-electron chi connectivity index (χ2n) is 3.12. The maximum Gasteiger partial charge on any atom is 0.573 e. The Morgan fingerprint density at radius 2 is 2.11 bits per heavy atom. The Hall–Kier alpha value is -1.96. The number of carbonyl (C=O) groups is 1. The highest BCUT2D eigenvalue weighted by atomic mass is 19.4. The number of halogens is 3. The lowest BCUT2D eigenvalue weighted by Crippen LogP contribution is -2.20. The van der Waals surface area contributed by atoms with E-state index in [0.29, 0.717) is 0 Å². The van der Waals surface area contributed by atoms with Gasteiger partial charge in [0.05, 0.1) is 6.61 Å². The van der Waals surface area contributed by atoms with Gasteiger partial charge < -0.3 is 14.9 Å². The van der Waals surface area contributed by atoms with Gasteiger partial charge in [0, 0.05) is 5.69 Å². The van der Waals surface area contributed by atoms with E-state index in [2.05, 4.69) is 14.9 Å². The molecule has 1 rings (SSSR count). The van der Waals surface area contributed by atoms with Gasteiger partial charge in [0.25, 0.3) is 0 Å². The van der Waals surface area contributed by atoms with Gasteiger partial charge in [-0.3, -0.25) is 5.84 Å². The zero-order valence-electron chi connectivity index (χ0n) is 9.38. The third-order valence-electron chi connectivity index (χ3n) is 1.87. The van der Waals surface area contributed by atoms with Crippen molar-refractivity contribution in [2.75, 3.05) is 12.0 Å². The predicted molar refractivity (Wildman–Crippen MR) is 56.9 cm³/mol. The molecule has 1 aromatic carbocycles. The molecular weight excluding hydrogens is 253 g/mol. The first-order valence-corrected chi connectivity index (χ1v) is 4.91. The fourth-order valence-corrected chi connectivity index (χ4v) is 1.20. The fourth-order valence-electron chi connectivity index (χ4n) is 1.20. The summed E-state index contributed by atoms with van der Waals surface area (Å²) in [6, 6.07) is 3.33. The minimum Gasteiger partial charge on any atom is -0.462 e. The number of nitrogen functional groups attached to an aromatic ring is 1. The van der Waals surface area contributed by atoms with Gasteiger partial charge in [0.1, 0.15) is 11.3 Å². The summed E-state index contributed by atoms with van der Waals surface area (Å²) in [4.78, 5) is 11.5. The molecule has 1 aromatic rings. The molecule has 0 spiro atoms. The highest BCUT2D eigenvalue weighted by Gasteiger charge is 2.33. The molecule has 3 N–H and O–H groups in total. The molecule has 100 valence electrons. The third kappa shape index (κ3) is 3.81. The van der Waals surface area contributed by atoms with Crippen molar-refractivity contribution in [1.29, 1.82) is 0 Å². The number of hydrogen-bond acceptors (Lipinski definition) is 5. The summed E-state index contributed by atoms with van der Waals surface area (Å²) in [6.45, 7) is 1.57. The molecule has 0 heterocycles. The van der Waals surface area contributed by atoms with Gasteiger partial charge in [-0.25, -0.2) is 4.79 Å². The number of anilines is 1. The Morgan fingerprint density at radius 3 is 2.61 bits per heavy atom. The minimum absolute atomic E-state index is 0.0323. The van der Waals surface area contributed by atoms with Gasteiger partial charge in [0.2, 0.25) is 0 Å². The van der Waals surface area contributed by atoms with Crippen molar-refractivity contribution >= 4 is 11.7 Å². The van der Waals surface area contributed by atoms with Gasteiger partial charge in [-0.15, -0.1) is 13.2 Å². The minimum atomic E-state index is -4.89. The van der Waals surface area contributed by atoms with Gasteiger partial charge in [-0.2, -0.15) is 0 Å². The maximum atomic E-state index is 12.1. The van der Waals surface area contributed by atoms with Crippen molar-refractivity contribution in [3.8, 4) is 5.75 Å². The number of hydrazine groups is 1. The summed E-state index contributed by atoms with van der Waals surface area (Å²) in [5, 5.41) is 0. The van der Waals surface area contributed by atoms with E-state index in [-0.39, 0.29) is 17.9 Å². The molecule has 0 aliphatic heterocycles. The monoisotopic (exact) mass is 264 g/mol. The summed E-state index contributed by atoms with van der Waals surface area (Å²) in [5.74, 6) is 3.54. The van der Waals surface area contributed by atoms with Crippen molar-refractivity contribution in [3.63, 3.8) is 0 Å². The molecule has 0 aliphatic carbocycles. The summed E-state index contributed by atoms with van der Waals surface area (Å²) in [7, 11) is 0. The molecule has 0 fully saturated rings. The van der Waals surface area contributed by atoms with Crippen LogP contribution >= 0.6 is 0 Å². The zero-order valence-corrected chi connectivity index (χ0v) is 9.38. The Balaban J connectivity index is 3.12. The van der Waals surface area contributed by atoms with Crippen molar-refractivity contribution in [1.82, 2.24) is 0 Å². The van der Waals surface area contributed by atoms with Crippen LogP contribution in [0.5, 0.6) is 5.75 Å². The SMILES string of the molecule is CCOC(=O)c1cc(NN)ccc1OC(F)(F)F. The smallest absolute Gasteiger partial charge is 0.462 e. The quantitative estimate of drug-likeness (QED) is 0.494. The van der Waals surface area contributed by atoms with E-state index < -0.39 is 18.1 Å². The summed E-state index contributed by atoms with van der Waals surface area (Å²) < 4.78 is 44.8. The number of esters is 1. The number of alkyl halides is 3. The zero-order chi connectivity index (χ0) is 13.8. The van der Waals surface area contributed by atoms with E-state index in [4.69, 9.17) is 5.84 Å². The van der Waals surface area contributed by atoms with E-state index in [1.807, 2.05) is 0 Å². The van der Waals surface area contributed by atoms with Crippen LogP contribution in [0.2, 0.25) is 0 Å². The number of ether oxygens (including phenoxy) is 2. The highest BCUT2D eigenvalue weighted by Crippen LogP contribution is 2.29.